The number of nitrogens with one attached hydrogen (secondary N) is 1. The molecule has 0 fully saturated rings. The number of rotatable bonds is 3. The van der Waals surface area contributed by atoms with Crippen molar-refractivity contribution in [1.82, 2.24) is 14.4 Å². The van der Waals surface area contributed by atoms with Gasteiger partial charge in [-0.3, -0.25) is 4.98 Å². The van der Waals surface area contributed by atoms with Crippen LogP contribution < -0.4 is 5.32 Å². The number of aromatic nitrogens is 3. The molecule has 0 unspecified atom stereocenters. The number of anilines is 1. The summed E-state index contributed by atoms with van der Waals surface area (Å²) in [5.74, 6) is 0. The van der Waals surface area contributed by atoms with E-state index in [0.717, 1.165) is 27.9 Å². The standard InChI is InChI=1S/C18H15ClN4/c1-12-2-4-16-15(8-12)17(6-7-20-16)21-9-14-11-23-10-13(19)3-5-18(23)22-14/h2-8,10-11H,9H2,1H3,(H,20,21). The van der Waals surface area contributed by atoms with Crippen molar-refractivity contribution in [3.05, 3.63) is 71.3 Å². The first-order chi connectivity index (χ1) is 11.2. The number of benzene rings is 1. The molecule has 5 heteroatoms. The highest BCUT2D eigenvalue weighted by Gasteiger charge is 2.05. The van der Waals surface area contributed by atoms with Crippen molar-refractivity contribution in [3.8, 4) is 0 Å². The summed E-state index contributed by atoms with van der Waals surface area (Å²) in [7, 11) is 0. The van der Waals surface area contributed by atoms with Gasteiger partial charge in [-0.1, -0.05) is 23.2 Å². The summed E-state index contributed by atoms with van der Waals surface area (Å²) in [5.41, 5.74) is 5.12. The number of pyridine rings is 2. The molecule has 0 aliphatic rings. The molecular formula is C18H15ClN4. The van der Waals surface area contributed by atoms with Gasteiger partial charge in [-0.2, -0.15) is 0 Å². The van der Waals surface area contributed by atoms with Gasteiger partial charge in [-0.05, 0) is 37.3 Å². The topological polar surface area (TPSA) is 42.2 Å². The molecule has 114 valence electrons. The van der Waals surface area contributed by atoms with Crippen LogP contribution in [0.4, 0.5) is 5.69 Å². The van der Waals surface area contributed by atoms with E-state index in [1.165, 1.54) is 5.56 Å². The van der Waals surface area contributed by atoms with E-state index in [9.17, 15) is 0 Å². The summed E-state index contributed by atoms with van der Waals surface area (Å²) in [4.78, 5) is 9.00. The lowest BCUT2D eigenvalue weighted by molar-refractivity contribution is 1.08. The lowest BCUT2D eigenvalue weighted by atomic mass is 10.1. The SMILES string of the molecule is Cc1ccc2nccc(NCc3cn4cc(Cl)ccc4n3)c2c1. The second-order valence-electron chi connectivity index (χ2n) is 5.58. The van der Waals surface area contributed by atoms with E-state index >= 15 is 0 Å². The number of imidazole rings is 1. The number of halogens is 1. The van der Waals surface area contributed by atoms with Gasteiger partial charge in [-0.25, -0.2) is 4.98 Å². The normalized spacial score (nSPS) is 11.2. The molecule has 0 bridgehead atoms. The van der Waals surface area contributed by atoms with Crippen LogP contribution in [-0.4, -0.2) is 14.4 Å². The first-order valence-corrected chi connectivity index (χ1v) is 7.79. The van der Waals surface area contributed by atoms with Crippen molar-refractivity contribution in [1.29, 1.82) is 0 Å². The van der Waals surface area contributed by atoms with Gasteiger partial charge in [0.2, 0.25) is 0 Å². The predicted octanol–water partition coefficient (Wildman–Crippen LogP) is 4.46. The van der Waals surface area contributed by atoms with Crippen LogP contribution in [0.15, 0.2) is 55.0 Å². The zero-order valence-corrected chi connectivity index (χ0v) is 13.4. The third-order valence-electron chi connectivity index (χ3n) is 3.82. The molecule has 0 radical (unpaired) electrons. The first-order valence-electron chi connectivity index (χ1n) is 7.41. The minimum atomic E-state index is 0.645. The monoisotopic (exact) mass is 322 g/mol. The maximum absolute atomic E-state index is 6.01. The van der Waals surface area contributed by atoms with Crippen LogP contribution in [0.2, 0.25) is 5.02 Å². The summed E-state index contributed by atoms with van der Waals surface area (Å²) < 4.78 is 1.94. The Morgan fingerprint density at radius 1 is 1.13 bits per heavy atom. The molecule has 0 aliphatic heterocycles. The molecule has 4 rings (SSSR count). The molecule has 0 spiro atoms. The van der Waals surface area contributed by atoms with Crippen LogP contribution in [-0.2, 0) is 6.54 Å². The number of aryl methyl sites for hydroxylation is 1. The van der Waals surface area contributed by atoms with Gasteiger partial charge in [0.05, 0.1) is 22.8 Å². The molecular weight excluding hydrogens is 308 g/mol. The maximum atomic E-state index is 6.01. The molecule has 4 nitrogen and oxygen atoms in total. The Kier molecular flexibility index (Phi) is 3.39. The van der Waals surface area contributed by atoms with Crippen LogP contribution in [0.25, 0.3) is 16.6 Å². The van der Waals surface area contributed by atoms with E-state index < -0.39 is 0 Å². The highest BCUT2D eigenvalue weighted by molar-refractivity contribution is 6.30. The quantitative estimate of drug-likeness (QED) is 0.605. The van der Waals surface area contributed by atoms with Crippen molar-refractivity contribution in [2.45, 2.75) is 13.5 Å². The number of fused-ring (bicyclic) bond motifs is 2. The van der Waals surface area contributed by atoms with E-state index in [4.69, 9.17) is 11.6 Å². The van der Waals surface area contributed by atoms with Crippen molar-refractivity contribution >= 4 is 33.8 Å². The summed E-state index contributed by atoms with van der Waals surface area (Å²) in [5, 5.41) is 5.28. The molecule has 4 aromatic rings. The Labute approximate surface area is 138 Å². The molecule has 1 aromatic carbocycles. The van der Waals surface area contributed by atoms with E-state index in [1.807, 2.05) is 47.3 Å². The molecule has 0 saturated carbocycles. The van der Waals surface area contributed by atoms with Crippen molar-refractivity contribution in [3.63, 3.8) is 0 Å². The Bertz CT molecular complexity index is 1010. The van der Waals surface area contributed by atoms with E-state index in [0.29, 0.717) is 11.6 Å². The second kappa shape index (κ2) is 5.56. The van der Waals surface area contributed by atoms with E-state index in [-0.39, 0.29) is 0 Å². The van der Waals surface area contributed by atoms with Crippen LogP contribution in [0.3, 0.4) is 0 Å². The fraction of sp³-hybridized carbons (Fsp3) is 0.111. The van der Waals surface area contributed by atoms with Gasteiger partial charge in [-0.15, -0.1) is 0 Å². The summed E-state index contributed by atoms with van der Waals surface area (Å²) in [6.07, 6.45) is 5.67. The van der Waals surface area contributed by atoms with Crippen molar-refractivity contribution < 1.29 is 0 Å². The largest absolute Gasteiger partial charge is 0.379 e. The average Bonchev–Trinajstić information content (AvgIpc) is 2.94. The lowest BCUT2D eigenvalue weighted by Crippen LogP contribution is -2.00. The van der Waals surface area contributed by atoms with Crippen LogP contribution >= 0.6 is 11.6 Å². The fourth-order valence-electron chi connectivity index (χ4n) is 2.70. The van der Waals surface area contributed by atoms with Crippen LogP contribution in [0.1, 0.15) is 11.3 Å². The lowest BCUT2D eigenvalue weighted by Gasteiger charge is -2.08. The minimum absolute atomic E-state index is 0.645. The Hall–Kier alpha value is -2.59. The zero-order chi connectivity index (χ0) is 15.8. The molecule has 3 aromatic heterocycles. The molecule has 1 N–H and O–H groups in total. The Morgan fingerprint density at radius 3 is 2.96 bits per heavy atom. The molecule has 0 aliphatic carbocycles. The van der Waals surface area contributed by atoms with Gasteiger partial charge in [0.15, 0.2) is 0 Å². The number of hydrogen-bond acceptors (Lipinski definition) is 3. The van der Waals surface area contributed by atoms with Crippen LogP contribution in [0, 0.1) is 6.92 Å². The highest BCUT2D eigenvalue weighted by atomic mass is 35.5. The summed E-state index contributed by atoms with van der Waals surface area (Å²) in [6, 6.07) is 12.0. The fourth-order valence-corrected chi connectivity index (χ4v) is 2.87. The van der Waals surface area contributed by atoms with Gasteiger partial charge in [0.25, 0.3) is 0 Å². The molecule has 23 heavy (non-hydrogen) atoms. The van der Waals surface area contributed by atoms with E-state index in [2.05, 4.69) is 34.3 Å². The smallest absolute Gasteiger partial charge is 0.137 e. The number of hydrogen-bond donors (Lipinski definition) is 1. The zero-order valence-electron chi connectivity index (χ0n) is 12.6. The summed E-state index contributed by atoms with van der Waals surface area (Å²) >= 11 is 6.01. The van der Waals surface area contributed by atoms with Crippen molar-refractivity contribution in [2.75, 3.05) is 5.32 Å². The predicted molar refractivity (Wildman–Crippen MR) is 94.0 cm³/mol. The summed E-state index contributed by atoms with van der Waals surface area (Å²) in [6.45, 7) is 2.73. The maximum Gasteiger partial charge on any atom is 0.137 e. The molecule has 0 saturated heterocycles. The Morgan fingerprint density at radius 2 is 2.04 bits per heavy atom. The second-order valence-corrected chi connectivity index (χ2v) is 6.01. The van der Waals surface area contributed by atoms with Gasteiger partial charge in [0.1, 0.15) is 5.65 Å². The highest BCUT2D eigenvalue weighted by Crippen LogP contribution is 2.23. The third-order valence-corrected chi connectivity index (χ3v) is 4.05. The molecule has 0 amide bonds. The van der Waals surface area contributed by atoms with Gasteiger partial charge >= 0.3 is 0 Å². The molecule has 3 heterocycles. The van der Waals surface area contributed by atoms with Gasteiger partial charge < -0.3 is 9.72 Å². The van der Waals surface area contributed by atoms with Crippen molar-refractivity contribution in [2.24, 2.45) is 0 Å². The molecule has 0 atom stereocenters. The average molecular weight is 323 g/mol. The minimum Gasteiger partial charge on any atom is -0.379 e. The Balaban J connectivity index is 1.64. The third kappa shape index (κ3) is 2.73. The van der Waals surface area contributed by atoms with Crippen LogP contribution in [0.5, 0.6) is 0 Å². The van der Waals surface area contributed by atoms with Gasteiger partial charge in [0, 0.05) is 29.7 Å². The van der Waals surface area contributed by atoms with E-state index in [1.54, 1.807) is 0 Å². The number of nitrogens with zero attached hydrogens (tertiary/aromatic N) is 3. The first kappa shape index (κ1) is 14.0.